The Bertz CT molecular complexity index is 721. The molecule has 1 N–H and O–H groups in total. The first-order valence-corrected chi connectivity index (χ1v) is 9.31. The second-order valence-electron chi connectivity index (χ2n) is 5.05. The first-order chi connectivity index (χ1) is 11.5. The molecular formula is C18H20BrNO3S. The third-order valence-corrected chi connectivity index (χ3v) is 4.91. The Kier molecular flexibility index (Phi) is 6.99. The maximum absolute atomic E-state index is 12.2. The molecule has 0 heterocycles. The monoisotopic (exact) mass is 409 g/mol. The van der Waals surface area contributed by atoms with E-state index in [0.717, 1.165) is 14.9 Å². The van der Waals surface area contributed by atoms with E-state index in [-0.39, 0.29) is 5.91 Å². The number of hydrogen-bond donors (Lipinski definition) is 1. The molecule has 0 bridgehead atoms. The van der Waals surface area contributed by atoms with Crippen molar-refractivity contribution < 1.29 is 14.3 Å². The summed E-state index contributed by atoms with van der Waals surface area (Å²) in [6.07, 6.45) is 0. The van der Waals surface area contributed by atoms with Crippen LogP contribution in [0.2, 0.25) is 0 Å². The zero-order valence-corrected chi connectivity index (χ0v) is 16.3. The van der Waals surface area contributed by atoms with E-state index in [9.17, 15) is 4.79 Å². The Morgan fingerprint density at radius 3 is 2.67 bits per heavy atom. The molecule has 0 fully saturated rings. The van der Waals surface area contributed by atoms with Crippen LogP contribution in [0.1, 0.15) is 12.5 Å². The van der Waals surface area contributed by atoms with Crippen molar-refractivity contribution in [3.05, 3.63) is 46.4 Å². The van der Waals surface area contributed by atoms with Crippen LogP contribution in [0.15, 0.2) is 45.8 Å². The molecule has 2 aromatic carbocycles. The number of amides is 1. The summed E-state index contributed by atoms with van der Waals surface area (Å²) < 4.78 is 11.8. The number of hydrogen-bond acceptors (Lipinski definition) is 4. The van der Waals surface area contributed by atoms with Gasteiger partial charge in [0.05, 0.1) is 19.5 Å². The Hall–Kier alpha value is -1.66. The molecule has 1 amide bonds. The molecule has 0 aromatic heterocycles. The molecule has 128 valence electrons. The molecule has 0 saturated carbocycles. The molecule has 0 atom stereocenters. The second kappa shape index (κ2) is 8.99. The number of carbonyl (C=O) groups is 1. The number of nitrogens with one attached hydrogen (secondary N) is 1. The molecule has 0 unspecified atom stereocenters. The van der Waals surface area contributed by atoms with E-state index in [1.807, 2.05) is 32.0 Å². The third kappa shape index (κ3) is 5.18. The Labute approximate surface area is 155 Å². The molecule has 0 saturated heterocycles. The van der Waals surface area contributed by atoms with Gasteiger partial charge in [0.15, 0.2) is 11.5 Å². The lowest BCUT2D eigenvalue weighted by molar-refractivity contribution is -0.113. The van der Waals surface area contributed by atoms with E-state index >= 15 is 0 Å². The summed E-state index contributed by atoms with van der Waals surface area (Å²) in [5.74, 6) is 1.55. The quantitative estimate of drug-likeness (QED) is 0.660. The molecule has 2 aromatic rings. The number of anilines is 1. The van der Waals surface area contributed by atoms with Crippen LogP contribution in [0, 0.1) is 6.92 Å². The average molecular weight is 410 g/mol. The zero-order chi connectivity index (χ0) is 17.5. The number of methoxy groups -OCH3 is 1. The van der Waals surface area contributed by atoms with E-state index in [1.54, 1.807) is 25.3 Å². The first kappa shape index (κ1) is 18.7. The van der Waals surface area contributed by atoms with Crippen molar-refractivity contribution in [1.82, 2.24) is 0 Å². The fourth-order valence-corrected chi connectivity index (χ4v) is 3.42. The van der Waals surface area contributed by atoms with Gasteiger partial charge in [-0.25, -0.2) is 0 Å². The van der Waals surface area contributed by atoms with E-state index < -0.39 is 0 Å². The van der Waals surface area contributed by atoms with Gasteiger partial charge in [-0.2, -0.15) is 0 Å². The van der Waals surface area contributed by atoms with Crippen LogP contribution in [0.3, 0.4) is 0 Å². The van der Waals surface area contributed by atoms with Gasteiger partial charge in [0.2, 0.25) is 5.91 Å². The predicted octanol–water partition coefficient (Wildman–Crippen LogP) is 4.90. The van der Waals surface area contributed by atoms with Crippen molar-refractivity contribution >= 4 is 39.3 Å². The topological polar surface area (TPSA) is 47.6 Å². The van der Waals surface area contributed by atoms with E-state index in [0.29, 0.717) is 29.5 Å². The van der Waals surface area contributed by atoms with Crippen molar-refractivity contribution in [1.29, 1.82) is 0 Å². The maximum atomic E-state index is 12.2. The van der Waals surface area contributed by atoms with Gasteiger partial charge in [0.1, 0.15) is 0 Å². The van der Waals surface area contributed by atoms with Crippen LogP contribution < -0.4 is 14.8 Å². The third-order valence-electron chi connectivity index (χ3n) is 3.24. The summed E-state index contributed by atoms with van der Waals surface area (Å²) >= 11 is 4.96. The number of carbonyl (C=O) groups excluding carboxylic acids is 1. The molecular weight excluding hydrogens is 390 g/mol. The highest BCUT2D eigenvalue weighted by molar-refractivity contribution is 9.10. The summed E-state index contributed by atoms with van der Waals surface area (Å²) in [7, 11) is 1.58. The number of rotatable bonds is 7. The van der Waals surface area contributed by atoms with Crippen molar-refractivity contribution in [2.45, 2.75) is 18.7 Å². The van der Waals surface area contributed by atoms with Crippen molar-refractivity contribution in [3.8, 4) is 11.5 Å². The molecule has 0 aliphatic rings. The van der Waals surface area contributed by atoms with Crippen LogP contribution in [-0.2, 0) is 4.79 Å². The maximum Gasteiger partial charge on any atom is 0.234 e. The van der Waals surface area contributed by atoms with Gasteiger partial charge in [-0.05, 0) is 49.7 Å². The average Bonchev–Trinajstić information content (AvgIpc) is 2.55. The molecule has 6 heteroatoms. The van der Waals surface area contributed by atoms with Crippen molar-refractivity contribution in [2.24, 2.45) is 0 Å². The van der Waals surface area contributed by atoms with Crippen molar-refractivity contribution in [3.63, 3.8) is 0 Å². The predicted molar refractivity (Wildman–Crippen MR) is 102 cm³/mol. The zero-order valence-electron chi connectivity index (χ0n) is 13.9. The number of halogens is 1. The highest BCUT2D eigenvalue weighted by Gasteiger charge is 2.09. The minimum Gasteiger partial charge on any atom is -0.493 e. The normalized spacial score (nSPS) is 10.3. The SMILES string of the molecule is CCOc1ccc(NC(=O)CSc2ccc(Br)cc2C)cc1OC. The van der Waals surface area contributed by atoms with Gasteiger partial charge >= 0.3 is 0 Å². The van der Waals surface area contributed by atoms with Crippen LogP contribution in [0.25, 0.3) is 0 Å². The molecule has 24 heavy (non-hydrogen) atoms. The standard InChI is InChI=1S/C18H20BrNO3S/c1-4-23-15-7-6-14(10-16(15)22-3)20-18(21)11-24-17-8-5-13(19)9-12(17)2/h5-10H,4,11H2,1-3H3,(H,20,21). The summed E-state index contributed by atoms with van der Waals surface area (Å²) in [5, 5.41) is 2.88. The van der Waals surface area contributed by atoms with E-state index in [1.165, 1.54) is 11.8 Å². The van der Waals surface area contributed by atoms with Crippen LogP contribution in [0.5, 0.6) is 11.5 Å². The molecule has 2 rings (SSSR count). The second-order valence-corrected chi connectivity index (χ2v) is 6.98. The highest BCUT2D eigenvalue weighted by Crippen LogP contribution is 2.30. The molecule has 4 nitrogen and oxygen atoms in total. The highest BCUT2D eigenvalue weighted by atomic mass is 79.9. The largest absolute Gasteiger partial charge is 0.493 e. The van der Waals surface area contributed by atoms with Gasteiger partial charge in [0.25, 0.3) is 0 Å². The minimum atomic E-state index is -0.0615. The van der Waals surface area contributed by atoms with Crippen LogP contribution in [-0.4, -0.2) is 25.4 Å². The van der Waals surface area contributed by atoms with Gasteiger partial charge in [-0.15, -0.1) is 11.8 Å². The summed E-state index contributed by atoms with van der Waals surface area (Å²) in [6, 6.07) is 11.4. The Morgan fingerprint density at radius 1 is 1.21 bits per heavy atom. The number of benzene rings is 2. The summed E-state index contributed by atoms with van der Waals surface area (Å²) in [4.78, 5) is 13.3. The van der Waals surface area contributed by atoms with Gasteiger partial charge in [-0.1, -0.05) is 15.9 Å². The lowest BCUT2D eigenvalue weighted by Crippen LogP contribution is -2.14. The number of ether oxygens (including phenoxy) is 2. The minimum absolute atomic E-state index is 0.0615. The Morgan fingerprint density at radius 2 is 2.00 bits per heavy atom. The fourth-order valence-electron chi connectivity index (χ4n) is 2.14. The summed E-state index contributed by atoms with van der Waals surface area (Å²) in [6.45, 7) is 4.50. The van der Waals surface area contributed by atoms with E-state index in [2.05, 4.69) is 21.2 Å². The molecule has 0 aliphatic heterocycles. The molecule has 0 spiro atoms. The van der Waals surface area contributed by atoms with Gasteiger partial charge in [0, 0.05) is 21.1 Å². The summed E-state index contributed by atoms with van der Waals surface area (Å²) in [5.41, 5.74) is 1.83. The molecule has 0 aliphatic carbocycles. The number of aryl methyl sites for hydroxylation is 1. The fraction of sp³-hybridized carbons (Fsp3) is 0.278. The lowest BCUT2D eigenvalue weighted by atomic mass is 10.2. The van der Waals surface area contributed by atoms with Gasteiger partial charge < -0.3 is 14.8 Å². The number of thioether (sulfide) groups is 1. The lowest BCUT2D eigenvalue weighted by Gasteiger charge is -2.12. The van der Waals surface area contributed by atoms with Gasteiger partial charge in [-0.3, -0.25) is 4.79 Å². The van der Waals surface area contributed by atoms with Crippen LogP contribution >= 0.6 is 27.7 Å². The smallest absolute Gasteiger partial charge is 0.234 e. The first-order valence-electron chi connectivity index (χ1n) is 7.53. The molecule has 0 radical (unpaired) electrons. The Balaban J connectivity index is 1.96. The van der Waals surface area contributed by atoms with E-state index in [4.69, 9.17) is 9.47 Å². The van der Waals surface area contributed by atoms with Crippen molar-refractivity contribution in [2.75, 3.05) is 24.8 Å². The van der Waals surface area contributed by atoms with Crippen LogP contribution in [0.4, 0.5) is 5.69 Å².